The molecule has 0 saturated carbocycles. The van der Waals surface area contributed by atoms with E-state index in [0.29, 0.717) is 6.61 Å². The highest BCUT2D eigenvalue weighted by atomic mass is 16.5. The van der Waals surface area contributed by atoms with Crippen LogP contribution in [0.3, 0.4) is 0 Å². The van der Waals surface area contributed by atoms with Gasteiger partial charge in [0, 0.05) is 19.8 Å². The van der Waals surface area contributed by atoms with Crippen LogP contribution in [0.5, 0.6) is 0 Å². The first kappa shape index (κ1) is 11.9. The van der Waals surface area contributed by atoms with Crippen LogP contribution in [0.25, 0.3) is 0 Å². The molecule has 0 aromatic rings. The van der Waals surface area contributed by atoms with E-state index < -0.39 is 0 Å². The monoisotopic (exact) mass is 173 g/mol. The molecule has 0 fully saturated rings. The SMILES string of the molecule is [CH2]OCCCOCCCCCC. The van der Waals surface area contributed by atoms with Gasteiger partial charge in [0.2, 0.25) is 0 Å². The fraction of sp³-hybridized carbons (Fsp3) is 0.900. The second-order valence-corrected chi connectivity index (χ2v) is 2.93. The molecule has 0 bridgehead atoms. The van der Waals surface area contributed by atoms with Crippen LogP contribution in [0, 0.1) is 7.11 Å². The summed E-state index contributed by atoms with van der Waals surface area (Å²) in [6.07, 6.45) is 6.05. The van der Waals surface area contributed by atoms with Crippen molar-refractivity contribution in [2.24, 2.45) is 0 Å². The lowest BCUT2D eigenvalue weighted by Gasteiger charge is -2.02. The van der Waals surface area contributed by atoms with Crippen molar-refractivity contribution in [2.45, 2.75) is 39.0 Å². The number of rotatable bonds is 9. The summed E-state index contributed by atoms with van der Waals surface area (Å²) in [5.41, 5.74) is 0. The highest BCUT2D eigenvalue weighted by Crippen LogP contribution is 1.98. The molecule has 0 amide bonds. The third-order valence-electron chi connectivity index (χ3n) is 1.72. The molecule has 0 atom stereocenters. The van der Waals surface area contributed by atoms with E-state index in [1.165, 1.54) is 25.7 Å². The van der Waals surface area contributed by atoms with Gasteiger partial charge in [-0.2, -0.15) is 0 Å². The van der Waals surface area contributed by atoms with Crippen molar-refractivity contribution in [1.82, 2.24) is 0 Å². The molecule has 0 saturated heterocycles. The minimum Gasteiger partial charge on any atom is -0.381 e. The van der Waals surface area contributed by atoms with Crippen LogP contribution < -0.4 is 0 Å². The Morgan fingerprint density at radius 2 is 1.67 bits per heavy atom. The van der Waals surface area contributed by atoms with Gasteiger partial charge in [-0.05, 0) is 12.8 Å². The van der Waals surface area contributed by atoms with Crippen LogP contribution in [0.15, 0.2) is 0 Å². The molecule has 2 nitrogen and oxygen atoms in total. The largest absolute Gasteiger partial charge is 0.381 e. The lowest BCUT2D eigenvalue weighted by atomic mass is 10.2. The van der Waals surface area contributed by atoms with Gasteiger partial charge < -0.3 is 9.47 Å². The third kappa shape index (κ3) is 9.92. The predicted octanol–water partition coefficient (Wildman–Crippen LogP) is 2.78. The van der Waals surface area contributed by atoms with Crippen LogP contribution >= 0.6 is 0 Å². The summed E-state index contributed by atoms with van der Waals surface area (Å²) in [5, 5.41) is 0. The van der Waals surface area contributed by atoms with E-state index in [1.807, 2.05) is 0 Å². The molecule has 0 aliphatic heterocycles. The normalized spacial score (nSPS) is 10.5. The van der Waals surface area contributed by atoms with Crippen LogP contribution in [0.4, 0.5) is 0 Å². The number of hydrogen-bond acceptors (Lipinski definition) is 2. The molecule has 12 heavy (non-hydrogen) atoms. The molecule has 0 heterocycles. The molecule has 1 radical (unpaired) electrons. The summed E-state index contributed by atoms with van der Waals surface area (Å²) in [5.74, 6) is 0. The zero-order valence-electron chi connectivity index (χ0n) is 8.18. The second kappa shape index (κ2) is 10.9. The lowest BCUT2D eigenvalue weighted by molar-refractivity contribution is 0.108. The third-order valence-corrected chi connectivity index (χ3v) is 1.72. The van der Waals surface area contributed by atoms with Crippen molar-refractivity contribution in [3.63, 3.8) is 0 Å². The standard InChI is InChI=1S/C10H21O2/c1-3-4-5-6-9-12-10-7-8-11-2/h2-10H2,1H3. The van der Waals surface area contributed by atoms with Gasteiger partial charge in [0.05, 0.1) is 7.11 Å². The fourth-order valence-corrected chi connectivity index (χ4v) is 0.996. The van der Waals surface area contributed by atoms with Gasteiger partial charge in [-0.15, -0.1) is 0 Å². The summed E-state index contributed by atoms with van der Waals surface area (Å²) in [6.45, 7) is 4.63. The van der Waals surface area contributed by atoms with Gasteiger partial charge in [-0.1, -0.05) is 26.2 Å². The first-order chi connectivity index (χ1) is 5.91. The van der Waals surface area contributed by atoms with E-state index in [1.54, 1.807) is 0 Å². The molecule has 0 aromatic carbocycles. The number of ether oxygens (including phenoxy) is 2. The summed E-state index contributed by atoms with van der Waals surface area (Å²) in [7, 11) is 3.29. The van der Waals surface area contributed by atoms with E-state index in [9.17, 15) is 0 Å². The number of unbranched alkanes of at least 4 members (excludes halogenated alkanes) is 3. The Morgan fingerprint density at radius 1 is 0.917 bits per heavy atom. The van der Waals surface area contributed by atoms with Crippen molar-refractivity contribution in [1.29, 1.82) is 0 Å². The van der Waals surface area contributed by atoms with E-state index >= 15 is 0 Å². The van der Waals surface area contributed by atoms with Crippen molar-refractivity contribution < 1.29 is 9.47 Å². The molecule has 0 spiro atoms. The van der Waals surface area contributed by atoms with E-state index in [0.717, 1.165) is 19.6 Å². The summed E-state index contributed by atoms with van der Waals surface area (Å²) < 4.78 is 10.0. The molecule has 0 unspecified atom stereocenters. The molecule has 2 heteroatoms. The smallest absolute Gasteiger partial charge is 0.0700 e. The Balaban J connectivity index is 2.73. The molecule has 73 valence electrons. The van der Waals surface area contributed by atoms with Gasteiger partial charge in [-0.25, -0.2) is 0 Å². The van der Waals surface area contributed by atoms with E-state index in [4.69, 9.17) is 4.74 Å². The average Bonchev–Trinajstić information content (AvgIpc) is 2.10. The van der Waals surface area contributed by atoms with Gasteiger partial charge in [0.15, 0.2) is 0 Å². The Morgan fingerprint density at radius 3 is 2.33 bits per heavy atom. The highest BCUT2D eigenvalue weighted by molar-refractivity contribution is 4.40. The summed E-state index contributed by atoms with van der Waals surface area (Å²) in [4.78, 5) is 0. The molecule has 0 aliphatic carbocycles. The minimum absolute atomic E-state index is 0.703. The fourth-order valence-electron chi connectivity index (χ4n) is 0.996. The van der Waals surface area contributed by atoms with Crippen molar-refractivity contribution in [3.8, 4) is 0 Å². The Labute approximate surface area is 76.3 Å². The lowest BCUT2D eigenvalue weighted by Crippen LogP contribution is -1.99. The van der Waals surface area contributed by atoms with Crippen molar-refractivity contribution in [2.75, 3.05) is 19.8 Å². The first-order valence-corrected chi connectivity index (χ1v) is 4.86. The minimum atomic E-state index is 0.703. The van der Waals surface area contributed by atoms with Crippen LogP contribution in [0.1, 0.15) is 39.0 Å². The van der Waals surface area contributed by atoms with Gasteiger partial charge in [-0.3, -0.25) is 0 Å². The summed E-state index contributed by atoms with van der Waals surface area (Å²) >= 11 is 0. The van der Waals surface area contributed by atoms with Crippen molar-refractivity contribution in [3.05, 3.63) is 7.11 Å². The molecule has 0 N–H and O–H groups in total. The van der Waals surface area contributed by atoms with Crippen LogP contribution in [0.2, 0.25) is 0 Å². The maximum absolute atomic E-state index is 5.37. The quantitative estimate of drug-likeness (QED) is 0.499. The number of hydrogen-bond donors (Lipinski definition) is 0. The molecular formula is C10H21O2. The molecule has 0 aromatic heterocycles. The van der Waals surface area contributed by atoms with Crippen molar-refractivity contribution >= 4 is 0 Å². The summed E-state index contributed by atoms with van der Waals surface area (Å²) in [6, 6.07) is 0. The van der Waals surface area contributed by atoms with E-state index in [-0.39, 0.29) is 0 Å². The van der Waals surface area contributed by atoms with Gasteiger partial charge in [0.25, 0.3) is 0 Å². The van der Waals surface area contributed by atoms with Crippen LogP contribution in [-0.4, -0.2) is 19.8 Å². The highest BCUT2D eigenvalue weighted by Gasteiger charge is 1.89. The van der Waals surface area contributed by atoms with Crippen LogP contribution in [-0.2, 0) is 9.47 Å². The Kier molecular flexibility index (Phi) is 10.8. The Bertz CT molecular complexity index is 64.2. The van der Waals surface area contributed by atoms with Gasteiger partial charge >= 0.3 is 0 Å². The molecule has 0 rings (SSSR count). The average molecular weight is 173 g/mol. The first-order valence-electron chi connectivity index (χ1n) is 4.86. The predicted molar refractivity (Wildman–Crippen MR) is 50.9 cm³/mol. The molecular weight excluding hydrogens is 152 g/mol. The maximum atomic E-state index is 5.37. The van der Waals surface area contributed by atoms with Gasteiger partial charge in [0.1, 0.15) is 0 Å². The van der Waals surface area contributed by atoms with E-state index in [2.05, 4.69) is 18.8 Å². The zero-order valence-corrected chi connectivity index (χ0v) is 8.18. The maximum Gasteiger partial charge on any atom is 0.0700 e. The zero-order chi connectivity index (χ0) is 9.07. The second-order valence-electron chi connectivity index (χ2n) is 2.93. The molecule has 0 aliphatic rings. The topological polar surface area (TPSA) is 18.5 Å². The Hall–Kier alpha value is -0.0800.